The number of hydrogen-bond acceptors (Lipinski definition) is 4. The molecule has 19 heavy (non-hydrogen) atoms. The standard InChI is InChI=1S/C14H18N2O3/c1-3-19-14(18)10-6-13(17)16(8-10)11-5-4-9(2)12(15)7-11/h4-5,7,10H,3,6,8,15H2,1-2H3/t10-/m0/s1. The number of amides is 1. The van der Waals surface area contributed by atoms with Crippen LogP contribution in [-0.2, 0) is 14.3 Å². The van der Waals surface area contributed by atoms with Crippen LogP contribution >= 0.6 is 0 Å². The number of esters is 1. The van der Waals surface area contributed by atoms with Gasteiger partial charge in [-0.1, -0.05) is 6.07 Å². The van der Waals surface area contributed by atoms with Crippen molar-refractivity contribution in [2.75, 3.05) is 23.8 Å². The molecule has 1 atom stereocenters. The number of nitrogen functional groups attached to an aromatic ring is 1. The second-order valence-corrected chi connectivity index (χ2v) is 4.70. The van der Waals surface area contributed by atoms with E-state index in [1.54, 1.807) is 17.9 Å². The molecule has 1 aliphatic heterocycles. The Bertz CT molecular complexity index is 513. The number of carbonyl (C=O) groups excluding carboxylic acids is 2. The summed E-state index contributed by atoms with van der Waals surface area (Å²) in [7, 11) is 0. The van der Waals surface area contributed by atoms with Crippen molar-refractivity contribution in [1.29, 1.82) is 0 Å². The van der Waals surface area contributed by atoms with Gasteiger partial charge in [0.25, 0.3) is 0 Å². The third-order valence-corrected chi connectivity index (χ3v) is 3.32. The number of benzene rings is 1. The summed E-state index contributed by atoms with van der Waals surface area (Å²) in [6.07, 6.45) is 0.201. The second kappa shape index (κ2) is 5.30. The quantitative estimate of drug-likeness (QED) is 0.661. The topological polar surface area (TPSA) is 72.6 Å². The summed E-state index contributed by atoms with van der Waals surface area (Å²) in [6, 6.07) is 5.48. The minimum Gasteiger partial charge on any atom is -0.466 e. The zero-order valence-corrected chi connectivity index (χ0v) is 11.2. The minimum absolute atomic E-state index is 0.0682. The fraction of sp³-hybridized carbons (Fsp3) is 0.429. The summed E-state index contributed by atoms with van der Waals surface area (Å²) >= 11 is 0. The zero-order chi connectivity index (χ0) is 14.0. The van der Waals surface area contributed by atoms with E-state index in [1.165, 1.54) is 0 Å². The lowest BCUT2D eigenvalue weighted by Gasteiger charge is -2.17. The number of carbonyl (C=O) groups is 2. The Morgan fingerprint density at radius 3 is 2.89 bits per heavy atom. The summed E-state index contributed by atoms with van der Waals surface area (Å²) in [5.74, 6) is -0.755. The van der Waals surface area contributed by atoms with Crippen LogP contribution in [0.4, 0.5) is 11.4 Å². The predicted octanol–water partition coefficient (Wildman–Crippen LogP) is 1.49. The van der Waals surface area contributed by atoms with Gasteiger partial charge < -0.3 is 15.4 Å². The van der Waals surface area contributed by atoms with E-state index in [1.807, 2.05) is 19.1 Å². The van der Waals surface area contributed by atoms with Gasteiger partial charge in [0, 0.05) is 24.3 Å². The fourth-order valence-corrected chi connectivity index (χ4v) is 2.17. The van der Waals surface area contributed by atoms with E-state index in [4.69, 9.17) is 10.5 Å². The van der Waals surface area contributed by atoms with Gasteiger partial charge in [-0.25, -0.2) is 0 Å². The first-order chi connectivity index (χ1) is 9.02. The maximum Gasteiger partial charge on any atom is 0.311 e. The number of rotatable bonds is 3. The first kappa shape index (κ1) is 13.4. The van der Waals surface area contributed by atoms with Crippen LogP contribution in [0.2, 0.25) is 0 Å². The molecule has 1 saturated heterocycles. The van der Waals surface area contributed by atoms with Crippen molar-refractivity contribution in [2.24, 2.45) is 5.92 Å². The van der Waals surface area contributed by atoms with Crippen LogP contribution in [0.15, 0.2) is 18.2 Å². The molecule has 5 heteroatoms. The third-order valence-electron chi connectivity index (χ3n) is 3.32. The lowest BCUT2D eigenvalue weighted by atomic mass is 10.1. The Kier molecular flexibility index (Phi) is 3.74. The number of nitrogens with two attached hydrogens (primary N) is 1. The van der Waals surface area contributed by atoms with Crippen molar-refractivity contribution in [1.82, 2.24) is 0 Å². The van der Waals surface area contributed by atoms with Crippen molar-refractivity contribution in [3.05, 3.63) is 23.8 Å². The number of hydrogen-bond donors (Lipinski definition) is 1. The first-order valence-corrected chi connectivity index (χ1v) is 6.36. The van der Waals surface area contributed by atoms with Gasteiger partial charge in [0.15, 0.2) is 0 Å². The highest BCUT2D eigenvalue weighted by atomic mass is 16.5. The average molecular weight is 262 g/mol. The summed E-state index contributed by atoms with van der Waals surface area (Å²) in [5.41, 5.74) is 8.20. The summed E-state index contributed by atoms with van der Waals surface area (Å²) in [5, 5.41) is 0. The maximum absolute atomic E-state index is 12.0. The molecule has 5 nitrogen and oxygen atoms in total. The molecule has 0 saturated carbocycles. The maximum atomic E-state index is 12.0. The van der Waals surface area contributed by atoms with Gasteiger partial charge in [-0.05, 0) is 31.5 Å². The van der Waals surface area contributed by atoms with Gasteiger partial charge in [0.2, 0.25) is 5.91 Å². The van der Waals surface area contributed by atoms with Gasteiger partial charge in [-0.15, -0.1) is 0 Å². The van der Waals surface area contributed by atoms with Crippen LogP contribution in [0.5, 0.6) is 0 Å². The smallest absolute Gasteiger partial charge is 0.311 e. The van der Waals surface area contributed by atoms with Crippen LogP contribution < -0.4 is 10.6 Å². The summed E-state index contributed by atoms with van der Waals surface area (Å²) in [4.78, 5) is 25.2. The molecule has 1 amide bonds. The minimum atomic E-state index is -0.380. The Morgan fingerprint density at radius 2 is 2.26 bits per heavy atom. The molecule has 0 radical (unpaired) electrons. The van der Waals surface area contributed by atoms with Crippen LogP contribution in [0.25, 0.3) is 0 Å². The van der Waals surface area contributed by atoms with Crippen LogP contribution in [0, 0.1) is 12.8 Å². The van der Waals surface area contributed by atoms with Crippen molar-refractivity contribution in [3.8, 4) is 0 Å². The highest BCUT2D eigenvalue weighted by Gasteiger charge is 2.36. The molecule has 102 valence electrons. The van der Waals surface area contributed by atoms with E-state index in [-0.39, 0.29) is 24.2 Å². The lowest BCUT2D eigenvalue weighted by Crippen LogP contribution is -2.26. The van der Waals surface area contributed by atoms with Crippen LogP contribution in [-0.4, -0.2) is 25.0 Å². The molecule has 1 aromatic rings. The fourth-order valence-electron chi connectivity index (χ4n) is 2.17. The first-order valence-electron chi connectivity index (χ1n) is 6.36. The number of ether oxygens (including phenoxy) is 1. The van der Waals surface area contributed by atoms with Crippen molar-refractivity contribution in [3.63, 3.8) is 0 Å². The number of anilines is 2. The van der Waals surface area contributed by atoms with E-state index in [0.717, 1.165) is 11.3 Å². The molecule has 1 aliphatic rings. The van der Waals surface area contributed by atoms with Crippen LogP contribution in [0.3, 0.4) is 0 Å². The largest absolute Gasteiger partial charge is 0.466 e. The van der Waals surface area contributed by atoms with Crippen molar-refractivity contribution in [2.45, 2.75) is 20.3 Å². The van der Waals surface area contributed by atoms with E-state index >= 15 is 0 Å². The highest BCUT2D eigenvalue weighted by molar-refractivity contribution is 5.99. The molecule has 0 bridgehead atoms. The Morgan fingerprint density at radius 1 is 1.53 bits per heavy atom. The monoisotopic (exact) mass is 262 g/mol. The van der Waals surface area contributed by atoms with E-state index < -0.39 is 0 Å². The molecule has 2 N–H and O–H groups in total. The summed E-state index contributed by atoms with van der Waals surface area (Å²) in [6.45, 7) is 4.36. The molecule has 0 aliphatic carbocycles. The van der Waals surface area contributed by atoms with Gasteiger partial charge in [-0.3, -0.25) is 9.59 Å². The second-order valence-electron chi connectivity index (χ2n) is 4.70. The molecule has 0 unspecified atom stereocenters. The average Bonchev–Trinajstić information content (AvgIpc) is 2.75. The highest BCUT2D eigenvalue weighted by Crippen LogP contribution is 2.28. The van der Waals surface area contributed by atoms with Crippen molar-refractivity contribution >= 4 is 23.3 Å². The Labute approximate surface area is 112 Å². The molecule has 1 aromatic carbocycles. The van der Waals surface area contributed by atoms with Gasteiger partial charge >= 0.3 is 5.97 Å². The molecule has 0 spiro atoms. The molecular formula is C14H18N2O3. The lowest BCUT2D eigenvalue weighted by molar-refractivity contribution is -0.147. The molecular weight excluding hydrogens is 244 g/mol. The zero-order valence-electron chi connectivity index (χ0n) is 11.2. The van der Waals surface area contributed by atoms with Gasteiger partial charge in [-0.2, -0.15) is 0 Å². The normalized spacial score (nSPS) is 18.7. The third kappa shape index (κ3) is 2.70. The predicted molar refractivity (Wildman–Crippen MR) is 72.7 cm³/mol. The number of aryl methyl sites for hydroxylation is 1. The molecule has 0 aromatic heterocycles. The van der Waals surface area contributed by atoms with E-state index in [2.05, 4.69) is 0 Å². The van der Waals surface area contributed by atoms with Crippen molar-refractivity contribution < 1.29 is 14.3 Å². The molecule has 1 fully saturated rings. The number of nitrogens with zero attached hydrogens (tertiary/aromatic N) is 1. The SMILES string of the molecule is CCOC(=O)[C@H]1CC(=O)N(c2ccc(C)c(N)c2)C1. The van der Waals surface area contributed by atoms with Crippen LogP contribution in [0.1, 0.15) is 18.9 Å². The van der Waals surface area contributed by atoms with Gasteiger partial charge in [0.05, 0.1) is 12.5 Å². The molecule has 1 heterocycles. The summed E-state index contributed by atoms with van der Waals surface area (Å²) < 4.78 is 4.96. The van der Waals surface area contributed by atoms with Gasteiger partial charge in [0.1, 0.15) is 0 Å². The van der Waals surface area contributed by atoms with E-state index in [9.17, 15) is 9.59 Å². The van der Waals surface area contributed by atoms with E-state index in [0.29, 0.717) is 18.8 Å². The molecule has 2 rings (SSSR count). The Balaban J connectivity index is 2.15. The Hall–Kier alpha value is -2.04.